The van der Waals surface area contributed by atoms with E-state index in [0.717, 1.165) is 11.1 Å². The summed E-state index contributed by atoms with van der Waals surface area (Å²) in [7, 11) is -3.08. The zero-order valence-electron chi connectivity index (χ0n) is 11.1. The standard InChI is InChI=1S/C14H18O4S/c1-3-18-14(15)10-6-9-12-7-4-5-8-13(12)11-19(2,16)17/h4-9H,3,10-11H2,1-2H3. The van der Waals surface area contributed by atoms with Gasteiger partial charge in [-0.3, -0.25) is 4.79 Å². The highest BCUT2D eigenvalue weighted by atomic mass is 32.2. The molecule has 0 saturated heterocycles. The lowest BCUT2D eigenvalue weighted by molar-refractivity contribution is -0.142. The number of carbonyl (C=O) groups excluding carboxylic acids is 1. The van der Waals surface area contributed by atoms with Gasteiger partial charge in [0.25, 0.3) is 0 Å². The van der Waals surface area contributed by atoms with Crippen molar-refractivity contribution in [2.75, 3.05) is 12.9 Å². The second kappa shape index (κ2) is 7.09. The highest BCUT2D eigenvalue weighted by molar-refractivity contribution is 7.89. The topological polar surface area (TPSA) is 60.4 Å². The molecule has 0 aliphatic heterocycles. The Morgan fingerprint density at radius 2 is 2.00 bits per heavy atom. The highest BCUT2D eigenvalue weighted by Crippen LogP contribution is 2.14. The van der Waals surface area contributed by atoms with Gasteiger partial charge in [-0.1, -0.05) is 36.4 Å². The van der Waals surface area contributed by atoms with Gasteiger partial charge in [0.2, 0.25) is 0 Å². The van der Waals surface area contributed by atoms with Crippen molar-refractivity contribution in [2.24, 2.45) is 0 Å². The molecule has 0 unspecified atom stereocenters. The zero-order chi connectivity index (χ0) is 14.3. The monoisotopic (exact) mass is 282 g/mol. The molecule has 4 nitrogen and oxygen atoms in total. The normalized spacial score (nSPS) is 11.7. The lowest BCUT2D eigenvalue weighted by Gasteiger charge is -2.04. The van der Waals surface area contributed by atoms with Crippen LogP contribution in [0.3, 0.4) is 0 Å². The molecule has 0 amide bonds. The third-order valence-electron chi connectivity index (χ3n) is 2.36. The van der Waals surface area contributed by atoms with E-state index in [0.29, 0.717) is 6.61 Å². The van der Waals surface area contributed by atoms with Crippen molar-refractivity contribution in [3.8, 4) is 0 Å². The van der Waals surface area contributed by atoms with Crippen molar-refractivity contribution in [1.29, 1.82) is 0 Å². The molecule has 0 N–H and O–H groups in total. The summed E-state index contributed by atoms with van der Waals surface area (Å²) in [6, 6.07) is 7.21. The SMILES string of the molecule is CCOC(=O)CC=Cc1ccccc1CS(C)(=O)=O. The fourth-order valence-corrected chi connectivity index (χ4v) is 2.44. The maximum atomic E-state index is 11.3. The van der Waals surface area contributed by atoms with Crippen LogP contribution in [0, 0.1) is 0 Å². The summed E-state index contributed by atoms with van der Waals surface area (Å²) in [5, 5.41) is 0. The van der Waals surface area contributed by atoms with E-state index in [1.165, 1.54) is 6.26 Å². The van der Waals surface area contributed by atoms with Crippen molar-refractivity contribution >= 4 is 21.9 Å². The van der Waals surface area contributed by atoms with E-state index in [2.05, 4.69) is 0 Å². The second-order valence-corrected chi connectivity index (χ2v) is 6.32. The van der Waals surface area contributed by atoms with Crippen molar-refractivity contribution < 1.29 is 17.9 Å². The van der Waals surface area contributed by atoms with Gasteiger partial charge in [-0.25, -0.2) is 8.42 Å². The van der Waals surface area contributed by atoms with Gasteiger partial charge in [-0.2, -0.15) is 0 Å². The van der Waals surface area contributed by atoms with Gasteiger partial charge < -0.3 is 4.74 Å². The van der Waals surface area contributed by atoms with Crippen LogP contribution in [0.25, 0.3) is 6.08 Å². The van der Waals surface area contributed by atoms with Crippen LogP contribution in [-0.2, 0) is 25.1 Å². The number of ether oxygens (including phenoxy) is 1. The average molecular weight is 282 g/mol. The third-order valence-corrected chi connectivity index (χ3v) is 3.20. The van der Waals surface area contributed by atoms with E-state index in [4.69, 9.17) is 4.74 Å². The lowest BCUT2D eigenvalue weighted by Crippen LogP contribution is -2.03. The molecular weight excluding hydrogens is 264 g/mol. The number of benzene rings is 1. The van der Waals surface area contributed by atoms with E-state index in [1.807, 2.05) is 12.1 Å². The molecule has 0 fully saturated rings. The quantitative estimate of drug-likeness (QED) is 0.750. The molecule has 0 saturated carbocycles. The average Bonchev–Trinajstić information content (AvgIpc) is 2.30. The predicted octanol–water partition coefficient (Wildman–Crippen LogP) is 2.20. The van der Waals surface area contributed by atoms with Gasteiger partial charge in [-0.05, 0) is 18.1 Å². The largest absolute Gasteiger partial charge is 0.466 e. The first kappa shape index (κ1) is 15.4. The second-order valence-electron chi connectivity index (χ2n) is 4.18. The van der Waals surface area contributed by atoms with E-state index >= 15 is 0 Å². The van der Waals surface area contributed by atoms with Crippen LogP contribution >= 0.6 is 0 Å². The Morgan fingerprint density at radius 1 is 1.32 bits per heavy atom. The van der Waals surface area contributed by atoms with Crippen LogP contribution < -0.4 is 0 Å². The van der Waals surface area contributed by atoms with E-state index < -0.39 is 9.84 Å². The van der Waals surface area contributed by atoms with Crippen molar-refractivity contribution in [1.82, 2.24) is 0 Å². The minimum Gasteiger partial charge on any atom is -0.466 e. The maximum absolute atomic E-state index is 11.3. The highest BCUT2D eigenvalue weighted by Gasteiger charge is 2.07. The Bertz CT molecular complexity index is 559. The van der Waals surface area contributed by atoms with Crippen LogP contribution in [0.2, 0.25) is 0 Å². The van der Waals surface area contributed by atoms with Gasteiger partial charge >= 0.3 is 5.97 Å². The molecule has 19 heavy (non-hydrogen) atoms. The van der Waals surface area contributed by atoms with Crippen LogP contribution in [0.15, 0.2) is 30.3 Å². The molecule has 0 heterocycles. The summed E-state index contributed by atoms with van der Waals surface area (Å²) in [6.07, 6.45) is 4.81. The number of hydrogen-bond donors (Lipinski definition) is 0. The minimum atomic E-state index is -3.08. The first-order valence-corrected chi connectivity index (χ1v) is 8.06. The first-order valence-electron chi connectivity index (χ1n) is 6.00. The summed E-state index contributed by atoms with van der Waals surface area (Å²) in [5.41, 5.74) is 1.53. The molecule has 0 atom stereocenters. The molecule has 0 aliphatic rings. The predicted molar refractivity (Wildman–Crippen MR) is 75.3 cm³/mol. The fourth-order valence-electron chi connectivity index (χ4n) is 1.61. The fraction of sp³-hybridized carbons (Fsp3) is 0.357. The molecule has 1 rings (SSSR count). The molecular formula is C14H18O4S. The van der Waals surface area contributed by atoms with Crippen molar-refractivity contribution in [3.05, 3.63) is 41.5 Å². The third kappa shape index (κ3) is 6.20. The van der Waals surface area contributed by atoms with Gasteiger partial charge in [0.1, 0.15) is 0 Å². The first-order chi connectivity index (χ1) is 8.92. The van der Waals surface area contributed by atoms with Crippen LogP contribution in [0.5, 0.6) is 0 Å². The summed E-state index contributed by atoms with van der Waals surface area (Å²) in [4.78, 5) is 11.2. The van der Waals surface area contributed by atoms with Gasteiger partial charge in [0.15, 0.2) is 9.84 Å². The van der Waals surface area contributed by atoms with E-state index in [1.54, 1.807) is 31.2 Å². The lowest BCUT2D eigenvalue weighted by atomic mass is 10.1. The summed E-state index contributed by atoms with van der Waals surface area (Å²) < 4.78 is 27.4. The van der Waals surface area contributed by atoms with Crippen molar-refractivity contribution in [3.63, 3.8) is 0 Å². The number of carbonyl (C=O) groups is 1. The minimum absolute atomic E-state index is 0.00702. The number of rotatable bonds is 6. The Kier molecular flexibility index (Phi) is 5.76. The molecule has 1 aromatic rings. The smallest absolute Gasteiger partial charge is 0.309 e. The van der Waals surface area contributed by atoms with Gasteiger partial charge in [-0.15, -0.1) is 0 Å². The number of esters is 1. The molecule has 5 heteroatoms. The molecule has 0 radical (unpaired) electrons. The van der Waals surface area contributed by atoms with E-state index in [-0.39, 0.29) is 18.1 Å². The Hall–Kier alpha value is -1.62. The molecule has 0 aromatic heterocycles. The van der Waals surface area contributed by atoms with Crippen LogP contribution in [-0.4, -0.2) is 27.2 Å². The zero-order valence-corrected chi connectivity index (χ0v) is 11.9. The van der Waals surface area contributed by atoms with Crippen LogP contribution in [0.4, 0.5) is 0 Å². The Labute approximate surface area is 114 Å². The van der Waals surface area contributed by atoms with Crippen molar-refractivity contribution in [2.45, 2.75) is 19.1 Å². The number of hydrogen-bond acceptors (Lipinski definition) is 4. The maximum Gasteiger partial charge on any atom is 0.309 e. The molecule has 0 bridgehead atoms. The molecule has 104 valence electrons. The van der Waals surface area contributed by atoms with Gasteiger partial charge in [0.05, 0.1) is 18.8 Å². The van der Waals surface area contributed by atoms with E-state index in [9.17, 15) is 13.2 Å². The molecule has 0 aliphatic carbocycles. The summed E-state index contributed by atoms with van der Waals surface area (Å²) >= 11 is 0. The summed E-state index contributed by atoms with van der Waals surface area (Å²) in [5.74, 6) is -0.299. The Morgan fingerprint density at radius 3 is 2.63 bits per heavy atom. The number of sulfone groups is 1. The molecule has 0 spiro atoms. The summed E-state index contributed by atoms with van der Waals surface area (Å²) in [6.45, 7) is 2.11. The van der Waals surface area contributed by atoms with Gasteiger partial charge in [0, 0.05) is 6.26 Å². The Balaban J connectivity index is 2.78. The van der Waals surface area contributed by atoms with Crippen LogP contribution in [0.1, 0.15) is 24.5 Å². The molecule has 1 aromatic carbocycles.